The third kappa shape index (κ3) is 1.13. The first-order valence-electron chi connectivity index (χ1n) is 5.95. The van der Waals surface area contributed by atoms with Crippen LogP contribution in [0.15, 0.2) is 30.3 Å². The first-order valence-corrected chi connectivity index (χ1v) is 7.42. The van der Waals surface area contributed by atoms with E-state index in [1.165, 1.54) is 5.56 Å². The molecule has 5 nitrogen and oxygen atoms in total. The van der Waals surface area contributed by atoms with Crippen LogP contribution in [-0.2, 0) is 11.0 Å². The van der Waals surface area contributed by atoms with Gasteiger partial charge in [0.05, 0.1) is 0 Å². The number of rotatable bonds is 0. The van der Waals surface area contributed by atoms with Gasteiger partial charge in [0.25, 0.3) is 0 Å². The Labute approximate surface area is 108 Å². The van der Waals surface area contributed by atoms with Crippen LogP contribution in [0.5, 0.6) is 17.2 Å². The normalized spacial score (nSPS) is 23.6. The van der Waals surface area contributed by atoms with E-state index in [-0.39, 0.29) is 0 Å². The predicted molar refractivity (Wildman–Crippen MR) is 68.5 cm³/mol. The summed E-state index contributed by atoms with van der Waals surface area (Å²) in [5.41, 5.74) is 4.14. The first-order chi connectivity index (χ1) is 9.22. The largest absolute Gasteiger partial charge is 0.647 e. The van der Waals surface area contributed by atoms with Gasteiger partial charge in [-0.05, 0) is 11.6 Å². The number of benzene rings is 2. The third-order valence-electron chi connectivity index (χ3n) is 3.57. The van der Waals surface area contributed by atoms with Crippen LogP contribution in [0.25, 0.3) is 0 Å². The van der Waals surface area contributed by atoms with Gasteiger partial charge >= 0.3 is 7.82 Å². The lowest BCUT2D eigenvalue weighted by Crippen LogP contribution is -2.09. The Morgan fingerprint density at radius 1 is 1.05 bits per heavy atom. The molecule has 0 radical (unpaired) electrons. The maximum Gasteiger partial charge on any atom is 0.647 e. The molecule has 3 aliphatic heterocycles. The van der Waals surface area contributed by atoms with Crippen molar-refractivity contribution in [3.05, 3.63) is 41.5 Å². The zero-order chi connectivity index (χ0) is 12.6. The SMILES string of the molecule is O=P12Oc3cc4c(c(c3O1)O2)Cc1ccccc1N4. The smallest absolute Gasteiger partial charge is 0.382 e. The van der Waals surface area contributed by atoms with E-state index >= 15 is 0 Å². The molecule has 1 unspecified atom stereocenters. The molecule has 6 heteroatoms. The molecule has 0 amide bonds. The maximum atomic E-state index is 12.0. The fourth-order valence-electron chi connectivity index (χ4n) is 2.72. The molecule has 3 heterocycles. The summed E-state index contributed by atoms with van der Waals surface area (Å²) in [7, 11) is -3.41. The molecule has 0 aromatic heterocycles. The molecule has 2 bridgehead atoms. The highest BCUT2D eigenvalue weighted by Gasteiger charge is 2.51. The number of phosphoric acid groups is 1. The Morgan fingerprint density at radius 2 is 1.89 bits per heavy atom. The van der Waals surface area contributed by atoms with Crippen LogP contribution in [-0.4, -0.2) is 0 Å². The van der Waals surface area contributed by atoms with Gasteiger partial charge in [0.2, 0.25) is 5.75 Å². The number of hydrogen-bond donors (Lipinski definition) is 1. The third-order valence-corrected chi connectivity index (χ3v) is 4.81. The lowest BCUT2D eigenvalue weighted by atomic mass is 9.96. The molecule has 0 fully saturated rings. The van der Waals surface area contributed by atoms with E-state index in [4.69, 9.17) is 13.6 Å². The summed E-state index contributed by atoms with van der Waals surface area (Å²) < 4.78 is 27.7. The predicted octanol–water partition coefficient (Wildman–Crippen LogP) is 3.61. The van der Waals surface area contributed by atoms with E-state index in [0.717, 1.165) is 23.4 Å². The van der Waals surface area contributed by atoms with Gasteiger partial charge in [-0.3, -0.25) is 0 Å². The summed E-state index contributed by atoms with van der Waals surface area (Å²) in [6, 6.07) is 9.90. The van der Waals surface area contributed by atoms with Crippen LogP contribution in [0.1, 0.15) is 11.1 Å². The van der Waals surface area contributed by atoms with E-state index in [1.807, 2.05) is 24.3 Å². The molecule has 1 N–H and O–H groups in total. The molecule has 2 aromatic carbocycles. The van der Waals surface area contributed by atoms with Gasteiger partial charge in [0.1, 0.15) is 0 Å². The first kappa shape index (κ1) is 9.75. The Morgan fingerprint density at radius 3 is 2.79 bits per heavy atom. The van der Waals surface area contributed by atoms with Gasteiger partial charge in [0, 0.05) is 29.4 Å². The summed E-state index contributed by atoms with van der Waals surface area (Å²) >= 11 is 0. The van der Waals surface area contributed by atoms with E-state index in [1.54, 1.807) is 0 Å². The Balaban J connectivity index is 1.75. The maximum absolute atomic E-state index is 12.0. The molecule has 0 aliphatic carbocycles. The topological polar surface area (TPSA) is 56.8 Å². The molecular formula is C13H8NO4P. The lowest BCUT2D eigenvalue weighted by molar-refractivity contribution is 0.353. The fraction of sp³-hybridized carbons (Fsp3) is 0.0769. The summed E-state index contributed by atoms with van der Waals surface area (Å²) in [6.45, 7) is 0. The van der Waals surface area contributed by atoms with E-state index in [9.17, 15) is 4.57 Å². The zero-order valence-corrected chi connectivity index (χ0v) is 10.6. The molecule has 0 spiro atoms. The number of para-hydroxylation sites is 1. The monoisotopic (exact) mass is 273 g/mol. The molecule has 3 aliphatic rings. The van der Waals surface area contributed by atoms with Gasteiger partial charge in [-0.2, -0.15) is 4.57 Å². The summed E-state index contributed by atoms with van der Waals surface area (Å²) in [6.07, 6.45) is 0.727. The second-order valence-corrected chi connectivity index (χ2v) is 6.18. The van der Waals surface area contributed by atoms with Crippen molar-refractivity contribution in [3.63, 3.8) is 0 Å². The molecule has 0 saturated carbocycles. The molecule has 5 rings (SSSR count). The Bertz CT molecular complexity index is 795. The highest BCUT2D eigenvalue weighted by atomic mass is 31.2. The van der Waals surface area contributed by atoms with E-state index in [0.29, 0.717) is 17.2 Å². The molecule has 0 saturated heterocycles. The van der Waals surface area contributed by atoms with Crippen LogP contribution in [0.4, 0.5) is 11.4 Å². The van der Waals surface area contributed by atoms with Crippen molar-refractivity contribution in [1.82, 2.24) is 0 Å². The molecular weight excluding hydrogens is 265 g/mol. The highest BCUT2D eigenvalue weighted by Crippen LogP contribution is 2.71. The highest BCUT2D eigenvalue weighted by molar-refractivity contribution is 7.50. The molecule has 19 heavy (non-hydrogen) atoms. The van der Waals surface area contributed by atoms with Gasteiger partial charge in [-0.1, -0.05) is 18.2 Å². The minimum absolute atomic E-state index is 0.475. The Kier molecular flexibility index (Phi) is 1.48. The molecule has 94 valence electrons. The van der Waals surface area contributed by atoms with Crippen LogP contribution in [0, 0.1) is 0 Å². The van der Waals surface area contributed by atoms with Crippen LogP contribution >= 0.6 is 7.82 Å². The number of nitrogens with one attached hydrogen (secondary N) is 1. The number of hydrogen-bond acceptors (Lipinski definition) is 5. The van der Waals surface area contributed by atoms with Crippen LogP contribution in [0.3, 0.4) is 0 Å². The second kappa shape index (κ2) is 2.89. The summed E-state index contributed by atoms with van der Waals surface area (Å²) in [5, 5.41) is 3.34. The summed E-state index contributed by atoms with van der Waals surface area (Å²) in [5.74, 6) is 1.53. The van der Waals surface area contributed by atoms with Gasteiger partial charge in [-0.15, -0.1) is 0 Å². The van der Waals surface area contributed by atoms with Crippen LogP contribution in [0.2, 0.25) is 0 Å². The second-order valence-electron chi connectivity index (χ2n) is 4.74. The molecule has 2 aromatic rings. The zero-order valence-electron chi connectivity index (χ0n) is 9.67. The quantitative estimate of drug-likeness (QED) is 0.634. The lowest BCUT2D eigenvalue weighted by Gasteiger charge is -2.24. The minimum atomic E-state index is -3.41. The van der Waals surface area contributed by atoms with Crippen molar-refractivity contribution >= 4 is 19.2 Å². The van der Waals surface area contributed by atoms with Gasteiger partial charge < -0.3 is 18.9 Å². The average molecular weight is 273 g/mol. The van der Waals surface area contributed by atoms with Gasteiger partial charge in [-0.25, -0.2) is 0 Å². The number of fused-ring (bicyclic) bond motifs is 4. The van der Waals surface area contributed by atoms with Crippen molar-refractivity contribution in [1.29, 1.82) is 0 Å². The van der Waals surface area contributed by atoms with Crippen LogP contribution < -0.4 is 18.9 Å². The number of phosphoric ester groups is 1. The van der Waals surface area contributed by atoms with Crippen molar-refractivity contribution in [2.24, 2.45) is 0 Å². The van der Waals surface area contributed by atoms with Crippen molar-refractivity contribution < 1.29 is 18.1 Å². The fourth-order valence-corrected chi connectivity index (χ4v) is 4.03. The average Bonchev–Trinajstić information content (AvgIpc) is 2.90. The summed E-state index contributed by atoms with van der Waals surface area (Å²) in [4.78, 5) is 0. The van der Waals surface area contributed by atoms with E-state index < -0.39 is 7.82 Å². The minimum Gasteiger partial charge on any atom is -0.382 e. The van der Waals surface area contributed by atoms with Gasteiger partial charge in [0.15, 0.2) is 11.5 Å². The van der Waals surface area contributed by atoms with E-state index in [2.05, 4.69) is 11.4 Å². The van der Waals surface area contributed by atoms with Crippen molar-refractivity contribution in [2.75, 3.05) is 5.32 Å². The van der Waals surface area contributed by atoms with Crippen molar-refractivity contribution in [3.8, 4) is 17.2 Å². The number of anilines is 2. The Hall–Kier alpha value is -2.13. The van der Waals surface area contributed by atoms with Crippen molar-refractivity contribution in [2.45, 2.75) is 6.42 Å². The molecule has 1 atom stereocenters. The standard InChI is InChI=1S/C13H8NO4P/c15-19-16-11-6-10-8(12(17-19)13(11)18-19)5-7-3-1-2-4-9(7)14-10/h1-4,6,14H,5H2.